The number of hydrogen-bond donors (Lipinski definition) is 2. The van der Waals surface area contributed by atoms with Crippen LogP contribution < -0.4 is 10.6 Å². The summed E-state index contributed by atoms with van der Waals surface area (Å²) in [6.07, 6.45) is -0.377. The fourth-order valence-corrected chi connectivity index (χ4v) is 7.09. The van der Waals surface area contributed by atoms with Gasteiger partial charge in [0.25, 0.3) is 11.8 Å². The molecule has 4 atom stereocenters. The number of likely N-dealkylation sites (tertiary alicyclic amines) is 1. The molecule has 4 amide bonds. The molecule has 1 fully saturated rings. The predicted molar refractivity (Wildman–Crippen MR) is 184 cm³/mol. The maximum atomic E-state index is 14.4. The minimum atomic E-state index is -1.03. The van der Waals surface area contributed by atoms with Gasteiger partial charge in [0.2, 0.25) is 11.8 Å². The van der Waals surface area contributed by atoms with E-state index < -0.39 is 41.4 Å². The Bertz CT molecular complexity index is 1950. The van der Waals surface area contributed by atoms with Crippen molar-refractivity contribution < 1.29 is 19.2 Å². The topological polar surface area (TPSA) is 108 Å². The normalized spacial score (nSPS) is 19.8. The Labute approximate surface area is 280 Å². The van der Waals surface area contributed by atoms with Crippen LogP contribution in [0.25, 0.3) is 21.4 Å². The van der Waals surface area contributed by atoms with E-state index in [1.807, 2.05) is 104 Å². The summed E-state index contributed by atoms with van der Waals surface area (Å²) in [6.45, 7) is 15.6. The molecule has 3 aromatic carbocycles. The molecule has 4 aromatic rings. The summed E-state index contributed by atoms with van der Waals surface area (Å²) in [5.74, 6) is -1.48. The zero-order chi connectivity index (χ0) is 34.4. The molecule has 1 saturated heterocycles. The van der Waals surface area contributed by atoms with Gasteiger partial charge in [0.1, 0.15) is 23.2 Å². The van der Waals surface area contributed by atoms with Crippen molar-refractivity contribution in [2.45, 2.75) is 64.2 Å². The SMILES string of the molecule is [C-]#[N+][C@@H]1C[C@@]2(CN1C(=O)[C@H](CC(C)(C)C)N(C)C(=O)[C@H](C)NC(=O)c1cc3ccccc3n1-c1ccccc1)C(=O)Nc1ccccc12. The van der Waals surface area contributed by atoms with Gasteiger partial charge >= 0.3 is 6.17 Å². The third-order valence-corrected chi connectivity index (χ3v) is 9.47. The van der Waals surface area contributed by atoms with Crippen LogP contribution in [0.5, 0.6) is 0 Å². The number of nitrogens with one attached hydrogen (secondary N) is 2. The van der Waals surface area contributed by atoms with E-state index in [0.717, 1.165) is 22.2 Å². The molecular weight excluding hydrogens is 604 g/mol. The molecule has 0 aliphatic carbocycles. The molecule has 0 unspecified atom stereocenters. The molecule has 10 heteroatoms. The van der Waals surface area contributed by atoms with E-state index in [1.54, 1.807) is 20.0 Å². The number of carbonyl (C=O) groups excluding carboxylic acids is 4. The van der Waals surface area contributed by atoms with Gasteiger partial charge in [-0.05, 0) is 54.7 Å². The Morgan fingerprint density at radius 1 is 1.04 bits per heavy atom. The Kier molecular flexibility index (Phi) is 8.33. The van der Waals surface area contributed by atoms with E-state index in [-0.39, 0.29) is 24.3 Å². The van der Waals surface area contributed by atoms with E-state index in [2.05, 4.69) is 15.5 Å². The van der Waals surface area contributed by atoms with Crippen molar-refractivity contribution in [3.05, 3.63) is 108 Å². The highest BCUT2D eigenvalue weighted by molar-refractivity contribution is 6.07. The van der Waals surface area contributed by atoms with Crippen LogP contribution in [0.1, 0.15) is 56.6 Å². The van der Waals surface area contributed by atoms with Crippen molar-refractivity contribution in [3.8, 4) is 5.69 Å². The second kappa shape index (κ2) is 12.3. The highest BCUT2D eigenvalue weighted by Crippen LogP contribution is 2.47. The number of amides is 4. The summed E-state index contributed by atoms with van der Waals surface area (Å²) >= 11 is 0. The summed E-state index contributed by atoms with van der Waals surface area (Å²) < 4.78 is 1.86. The number of carbonyl (C=O) groups is 4. The van der Waals surface area contributed by atoms with Gasteiger partial charge in [-0.1, -0.05) is 75.4 Å². The van der Waals surface area contributed by atoms with Crippen LogP contribution in [0.3, 0.4) is 0 Å². The third kappa shape index (κ3) is 5.70. The van der Waals surface area contributed by atoms with Crippen LogP contribution in [0, 0.1) is 12.0 Å². The zero-order valence-corrected chi connectivity index (χ0v) is 27.9. The summed E-state index contributed by atoms with van der Waals surface area (Å²) in [5.41, 5.74) is 2.12. The Morgan fingerprint density at radius 2 is 1.71 bits per heavy atom. The molecule has 246 valence electrons. The van der Waals surface area contributed by atoms with Gasteiger partial charge in [0.15, 0.2) is 0 Å². The lowest BCUT2D eigenvalue weighted by Crippen LogP contribution is -2.56. The van der Waals surface area contributed by atoms with Crippen LogP contribution >= 0.6 is 0 Å². The van der Waals surface area contributed by atoms with Gasteiger partial charge in [0, 0.05) is 30.4 Å². The number of fused-ring (bicyclic) bond motifs is 3. The van der Waals surface area contributed by atoms with Gasteiger partial charge < -0.3 is 20.1 Å². The van der Waals surface area contributed by atoms with Crippen LogP contribution in [-0.4, -0.2) is 69.8 Å². The molecule has 0 bridgehead atoms. The average molecular weight is 645 g/mol. The Balaban J connectivity index is 1.26. The van der Waals surface area contributed by atoms with Crippen molar-refractivity contribution in [1.29, 1.82) is 0 Å². The monoisotopic (exact) mass is 644 g/mol. The number of aromatic nitrogens is 1. The summed E-state index contributed by atoms with van der Waals surface area (Å²) in [5, 5.41) is 6.68. The summed E-state index contributed by atoms with van der Waals surface area (Å²) in [7, 11) is 1.57. The van der Waals surface area contributed by atoms with Gasteiger partial charge in [-0.25, -0.2) is 6.57 Å². The molecule has 2 N–H and O–H groups in total. The number of anilines is 1. The lowest BCUT2D eigenvalue weighted by atomic mass is 9.80. The van der Waals surface area contributed by atoms with Crippen molar-refractivity contribution >= 4 is 40.2 Å². The lowest BCUT2D eigenvalue weighted by molar-refractivity contribution is -0.146. The minimum absolute atomic E-state index is 0.0424. The second-order valence-electron chi connectivity index (χ2n) is 14.0. The fourth-order valence-electron chi connectivity index (χ4n) is 7.09. The number of nitrogens with zero attached hydrogens (tertiary/aromatic N) is 4. The van der Waals surface area contributed by atoms with E-state index in [1.165, 1.54) is 9.80 Å². The van der Waals surface area contributed by atoms with E-state index in [9.17, 15) is 19.2 Å². The second-order valence-corrected chi connectivity index (χ2v) is 14.0. The average Bonchev–Trinajstić information content (AvgIpc) is 3.74. The highest BCUT2D eigenvalue weighted by atomic mass is 16.2. The molecule has 10 nitrogen and oxygen atoms in total. The van der Waals surface area contributed by atoms with Gasteiger partial charge in [-0.3, -0.25) is 28.9 Å². The van der Waals surface area contributed by atoms with Crippen molar-refractivity contribution in [1.82, 2.24) is 19.7 Å². The van der Waals surface area contributed by atoms with Crippen molar-refractivity contribution in [2.24, 2.45) is 5.41 Å². The zero-order valence-electron chi connectivity index (χ0n) is 27.9. The predicted octanol–water partition coefficient (Wildman–Crippen LogP) is 5.38. The van der Waals surface area contributed by atoms with Crippen LogP contribution in [0.4, 0.5) is 5.69 Å². The third-order valence-electron chi connectivity index (χ3n) is 9.47. The maximum absolute atomic E-state index is 14.4. The first-order chi connectivity index (χ1) is 22.8. The van der Waals surface area contributed by atoms with Crippen molar-refractivity contribution in [3.63, 3.8) is 0 Å². The maximum Gasteiger partial charge on any atom is 0.302 e. The van der Waals surface area contributed by atoms with Gasteiger partial charge in [0.05, 0.1) is 11.9 Å². The molecule has 6 rings (SSSR count). The molecular formula is C38H40N6O4. The standard InChI is InChI=1S/C38H40N6O4/c1-24(40-33(45)30-20-25-14-10-13-19-29(25)44(30)26-15-8-7-9-16-26)34(46)42(6)31(21-37(2,3)4)35(47)43-23-38(22-32(43)39-5)27-17-11-12-18-28(27)41-36(38)48/h7-20,24,31-32H,21-23H2,1-4,6H3,(H,40,45)(H,41,48)/t24-,31-,32-,38-/m0/s1. The van der Waals surface area contributed by atoms with E-state index in [0.29, 0.717) is 17.8 Å². The molecule has 1 spiro atoms. The molecule has 0 radical (unpaired) electrons. The number of hydrogen-bond acceptors (Lipinski definition) is 4. The Hall–Kier alpha value is -5.43. The first-order valence-electron chi connectivity index (χ1n) is 16.2. The number of para-hydroxylation sites is 3. The molecule has 2 aliphatic heterocycles. The summed E-state index contributed by atoms with van der Waals surface area (Å²) in [4.78, 5) is 62.2. The van der Waals surface area contributed by atoms with Crippen LogP contribution in [0.2, 0.25) is 0 Å². The molecule has 48 heavy (non-hydrogen) atoms. The summed E-state index contributed by atoms with van der Waals surface area (Å²) in [6, 6.07) is 24.5. The quantitative estimate of drug-likeness (QED) is 0.264. The molecule has 1 aromatic heterocycles. The fraction of sp³-hybridized carbons (Fsp3) is 0.342. The van der Waals surface area contributed by atoms with Gasteiger partial charge in [-0.15, -0.1) is 0 Å². The highest BCUT2D eigenvalue weighted by Gasteiger charge is 2.59. The largest absolute Gasteiger partial charge is 0.339 e. The van der Waals surface area contributed by atoms with E-state index in [4.69, 9.17) is 6.57 Å². The minimum Gasteiger partial charge on any atom is -0.339 e. The first-order valence-corrected chi connectivity index (χ1v) is 16.2. The smallest absolute Gasteiger partial charge is 0.302 e. The van der Waals surface area contributed by atoms with Crippen LogP contribution in [0.15, 0.2) is 84.9 Å². The molecule has 0 saturated carbocycles. The van der Waals surface area contributed by atoms with Crippen LogP contribution in [-0.2, 0) is 19.8 Å². The molecule has 3 heterocycles. The number of likely N-dealkylation sites (N-methyl/N-ethyl adjacent to an activating group) is 1. The molecule has 2 aliphatic rings. The number of rotatable bonds is 7. The Morgan fingerprint density at radius 3 is 2.42 bits per heavy atom. The van der Waals surface area contributed by atoms with Crippen molar-refractivity contribution in [2.75, 3.05) is 18.9 Å². The number of benzene rings is 3. The first kappa shape index (κ1) is 32.5. The van der Waals surface area contributed by atoms with E-state index >= 15 is 0 Å². The van der Waals surface area contributed by atoms with Gasteiger partial charge in [-0.2, -0.15) is 0 Å². The lowest BCUT2D eigenvalue weighted by Gasteiger charge is -2.36.